The molecule has 2 heterocycles. The molecule has 1 aromatic carbocycles. The van der Waals surface area contributed by atoms with Gasteiger partial charge in [-0.3, -0.25) is 4.79 Å². The number of carbonyl (C=O) groups excluding carboxylic acids is 1. The third-order valence-corrected chi connectivity index (χ3v) is 3.39. The zero-order valence-electron chi connectivity index (χ0n) is 9.58. The van der Waals surface area contributed by atoms with E-state index < -0.39 is 22.0 Å². The number of nitrogens with zero attached hydrogens (tertiary/aromatic N) is 1. The van der Waals surface area contributed by atoms with Gasteiger partial charge in [0.2, 0.25) is 11.5 Å². The van der Waals surface area contributed by atoms with Gasteiger partial charge in [-0.1, -0.05) is 12.1 Å². The van der Waals surface area contributed by atoms with Crippen LogP contribution < -0.4 is 8.37 Å². The Morgan fingerprint density at radius 3 is 2.74 bits per heavy atom. The molecular formula is C11H7NO6S. The van der Waals surface area contributed by atoms with E-state index in [4.69, 9.17) is 0 Å². The molecule has 98 valence electrons. The number of Topliss-reactive ketones (excluding diaryl/α,β-unsaturated/α-hetero) is 1. The molecule has 0 amide bonds. The summed E-state index contributed by atoms with van der Waals surface area (Å²) < 4.78 is 31.7. The van der Waals surface area contributed by atoms with Crippen LogP contribution in [0.2, 0.25) is 0 Å². The lowest BCUT2D eigenvalue weighted by atomic mass is 10.0. The fourth-order valence-corrected chi connectivity index (χ4v) is 2.61. The van der Waals surface area contributed by atoms with Crippen LogP contribution in [0.4, 0.5) is 0 Å². The van der Waals surface area contributed by atoms with Crippen LogP contribution in [0.5, 0.6) is 17.4 Å². The molecule has 2 aromatic rings. The molecule has 1 aliphatic heterocycles. The van der Waals surface area contributed by atoms with E-state index in [2.05, 4.69) is 13.4 Å². The highest BCUT2D eigenvalue weighted by Crippen LogP contribution is 2.46. The second-order valence-electron chi connectivity index (χ2n) is 3.93. The number of aromatic nitrogens is 1. The number of hydrogen-bond acceptors (Lipinski definition) is 7. The first-order valence-corrected chi connectivity index (χ1v) is 6.53. The zero-order chi connectivity index (χ0) is 13.8. The van der Waals surface area contributed by atoms with Gasteiger partial charge >= 0.3 is 10.4 Å². The van der Waals surface area contributed by atoms with E-state index in [1.54, 1.807) is 12.1 Å². The molecule has 1 aromatic heterocycles. The van der Waals surface area contributed by atoms with E-state index in [1.807, 2.05) is 0 Å². The predicted octanol–water partition coefficient (Wildman–Crippen LogP) is 1.16. The van der Waals surface area contributed by atoms with Crippen molar-refractivity contribution in [3.05, 3.63) is 23.8 Å². The Balaban J connectivity index is 2.49. The summed E-state index contributed by atoms with van der Waals surface area (Å²) in [6.07, 6.45) is 0. The van der Waals surface area contributed by atoms with Gasteiger partial charge in [0.05, 0.1) is 10.9 Å². The Hall–Kier alpha value is -2.35. The molecule has 8 heteroatoms. The largest absolute Gasteiger partial charge is 0.502 e. The molecule has 0 fully saturated rings. The van der Waals surface area contributed by atoms with Crippen LogP contribution in [0, 0.1) is 0 Å². The number of hydrogen-bond donors (Lipinski definition) is 1. The number of rotatable bonds is 1. The predicted molar refractivity (Wildman–Crippen MR) is 63.6 cm³/mol. The smallest absolute Gasteiger partial charge is 0.500 e. The van der Waals surface area contributed by atoms with Crippen LogP contribution in [0.25, 0.3) is 10.9 Å². The Morgan fingerprint density at radius 1 is 1.32 bits per heavy atom. The minimum atomic E-state index is -4.32. The molecule has 0 radical (unpaired) electrons. The van der Waals surface area contributed by atoms with Crippen molar-refractivity contribution in [2.24, 2.45) is 0 Å². The Morgan fingerprint density at radius 2 is 2.05 bits per heavy atom. The number of ketones is 1. The lowest BCUT2D eigenvalue weighted by Crippen LogP contribution is -2.21. The van der Waals surface area contributed by atoms with Crippen molar-refractivity contribution in [3.8, 4) is 17.4 Å². The van der Waals surface area contributed by atoms with Gasteiger partial charge in [0.1, 0.15) is 0 Å². The van der Waals surface area contributed by atoms with E-state index in [-0.39, 0.29) is 22.5 Å². The van der Waals surface area contributed by atoms with Crippen molar-refractivity contribution < 1.29 is 26.7 Å². The summed E-state index contributed by atoms with van der Waals surface area (Å²) in [5, 5.41) is 9.94. The minimum absolute atomic E-state index is 0.142. The molecule has 2 bridgehead atoms. The van der Waals surface area contributed by atoms with Crippen molar-refractivity contribution in [2.45, 2.75) is 6.92 Å². The molecule has 7 nitrogen and oxygen atoms in total. The normalized spacial score (nSPS) is 15.6. The first-order chi connectivity index (χ1) is 8.89. The Kier molecular flexibility index (Phi) is 2.21. The third-order valence-electron chi connectivity index (χ3n) is 2.65. The van der Waals surface area contributed by atoms with Crippen molar-refractivity contribution >= 4 is 27.1 Å². The lowest BCUT2D eigenvalue weighted by molar-refractivity contribution is 0.101. The van der Waals surface area contributed by atoms with Crippen molar-refractivity contribution in [2.75, 3.05) is 0 Å². The van der Waals surface area contributed by atoms with E-state index in [0.717, 1.165) is 0 Å². The molecule has 0 atom stereocenters. The van der Waals surface area contributed by atoms with E-state index in [1.165, 1.54) is 13.0 Å². The van der Waals surface area contributed by atoms with Gasteiger partial charge in [-0.2, -0.15) is 0 Å². The van der Waals surface area contributed by atoms with Gasteiger partial charge in [-0.05, 0) is 13.0 Å². The van der Waals surface area contributed by atoms with Crippen molar-refractivity contribution in [3.63, 3.8) is 0 Å². The first kappa shape index (κ1) is 11.7. The third kappa shape index (κ3) is 1.68. The topological polar surface area (TPSA) is 103 Å². The number of carbonyl (C=O) groups is 1. The lowest BCUT2D eigenvalue weighted by Gasteiger charge is -2.18. The average Bonchev–Trinajstić information content (AvgIpc) is 2.31. The van der Waals surface area contributed by atoms with Gasteiger partial charge < -0.3 is 13.5 Å². The van der Waals surface area contributed by atoms with Crippen LogP contribution in [0.1, 0.15) is 17.3 Å². The summed E-state index contributed by atoms with van der Waals surface area (Å²) in [7, 11) is -4.32. The quantitative estimate of drug-likeness (QED) is 0.782. The SMILES string of the molecule is CC(=O)c1cccc2nc3c(O)c(c12)OS(=O)(=O)O3. The molecule has 0 saturated heterocycles. The van der Waals surface area contributed by atoms with Gasteiger partial charge in [0.25, 0.3) is 5.88 Å². The molecule has 0 aliphatic carbocycles. The summed E-state index contributed by atoms with van der Waals surface area (Å²) >= 11 is 0. The van der Waals surface area contributed by atoms with E-state index >= 15 is 0 Å². The number of benzene rings is 1. The fourth-order valence-electron chi connectivity index (χ4n) is 1.90. The maximum Gasteiger partial charge on any atom is 0.502 e. The van der Waals surface area contributed by atoms with Gasteiger partial charge in [0.15, 0.2) is 5.78 Å². The molecule has 0 saturated carbocycles. The Labute approximate surface area is 107 Å². The highest BCUT2D eigenvalue weighted by Gasteiger charge is 2.33. The first-order valence-electron chi connectivity index (χ1n) is 5.19. The second kappa shape index (κ2) is 3.58. The average molecular weight is 281 g/mol. The molecule has 1 N–H and O–H groups in total. The van der Waals surface area contributed by atoms with Gasteiger partial charge in [0, 0.05) is 5.56 Å². The Bertz CT molecular complexity index is 827. The standard InChI is InChI=1S/C11H7NO6S/c1-5(13)6-3-2-4-7-8(6)10-9(14)11(12-7)18-19(15,16)17-10/h2-4,14H,1H3. The van der Waals surface area contributed by atoms with Crippen LogP contribution in [-0.4, -0.2) is 24.3 Å². The highest BCUT2D eigenvalue weighted by atomic mass is 32.3. The molecule has 19 heavy (non-hydrogen) atoms. The fraction of sp³-hybridized carbons (Fsp3) is 0.0909. The summed E-state index contributed by atoms with van der Waals surface area (Å²) in [5.41, 5.74) is 0.504. The molecular weight excluding hydrogens is 274 g/mol. The number of fused-ring (bicyclic) bond motifs is 4. The maximum absolute atomic E-state index is 11.6. The monoisotopic (exact) mass is 281 g/mol. The maximum atomic E-state index is 11.6. The van der Waals surface area contributed by atoms with Crippen LogP contribution in [0.3, 0.4) is 0 Å². The summed E-state index contributed by atoms with van der Waals surface area (Å²) in [6, 6.07) is 4.64. The second-order valence-corrected chi connectivity index (χ2v) is 5.08. The van der Waals surface area contributed by atoms with Crippen molar-refractivity contribution in [1.82, 2.24) is 4.98 Å². The van der Waals surface area contributed by atoms with Gasteiger partial charge in [-0.15, -0.1) is 8.42 Å². The van der Waals surface area contributed by atoms with E-state index in [9.17, 15) is 18.3 Å². The van der Waals surface area contributed by atoms with Crippen LogP contribution >= 0.6 is 0 Å². The number of pyridine rings is 1. The number of aromatic hydroxyl groups is 1. The molecule has 1 aliphatic rings. The molecule has 0 unspecified atom stereocenters. The van der Waals surface area contributed by atoms with E-state index in [0.29, 0.717) is 5.52 Å². The minimum Gasteiger partial charge on any atom is -0.500 e. The van der Waals surface area contributed by atoms with Gasteiger partial charge in [-0.25, -0.2) is 4.98 Å². The molecule has 3 rings (SSSR count). The molecule has 0 spiro atoms. The summed E-state index contributed by atoms with van der Waals surface area (Å²) in [6.45, 7) is 1.32. The summed E-state index contributed by atoms with van der Waals surface area (Å²) in [5.74, 6) is -1.65. The summed E-state index contributed by atoms with van der Waals surface area (Å²) in [4.78, 5) is 15.4. The highest BCUT2D eigenvalue weighted by molar-refractivity contribution is 7.82. The van der Waals surface area contributed by atoms with Crippen LogP contribution in [-0.2, 0) is 10.4 Å². The zero-order valence-corrected chi connectivity index (χ0v) is 10.4. The van der Waals surface area contributed by atoms with Crippen LogP contribution in [0.15, 0.2) is 18.2 Å². The van der Waals surface area contributed by atoms with Crippen molar-refractivity contribution in [1.29, 1.82) is 0 Å².